The molecule has 0 aromatic heterocycles. The highest BCUT2D eigenvalue weighted by Crippen LogP contribution is 2.30. The van der Waals surface area contributed by atoms with Crippen LogP contribution in [-0.2, 0) is 4.74 Å². The maximum atomic E-state index is 5.61. The molecule has 2 nitrogen and oxygen atoms in total. The minimum atomic E-state index is 0.547. The Labute approximate surface area is 100 Å². The molecule has 2 aliphatic carbocycles. The zero-order valence-electron chi connectivity index (χ0n) is 10.9. The largest absolute Gasteiger partial charge is 0.378 e. The molecular formula is C14H27NO. The van der Waals surface area contributed by atoms with Crippen LogP contribution < -0.4 is 5.32 Å². The highest BCUT2D eigenvalue weighted by molar-refractivity contribution is 4.91. The summed E-state index contributed by atoms with van der Waals surface area (Å²) < 4.78 is 5.61. The van der Waals surface area contributed by atoms with Gasteiger partial charge in [0.1, 0.15) is 0 Å². The van der Waals surface area contributed by atoms with Crippen molar-refractivity contribution in [2.45, 2.75) is 77.0 Å². The van der Waals surface area contributed by atoms with Crippen LogP contribution in [0.2, 0.25) is 0 Å². The van der Waals surface area contributed by atoms with Crippen molar-refractivity contribution in [1.29, 1.82) is 0 Å². The second-order valence-corrected chi connectivity index (χ2v) is 5.47. The summed E-state index contributed by atoms with van der Waals surface area (Å²) >= 11 is 0. The fraction of sp³-hybridized carbons (Fsp3) is 1.00. The molecule has 2 rings (SSSR count). The second-order valence-electron chi connectivity index (χ2n) is 5.47. The molecule has 0 aliphatic heterocycles. The zero-order chi connectivity index (χ0) is 11.4. The first-order chi connectivity index (χ1) is 7.83. The van der Waals surface area contributed by atoms with Crippen LogP contribution in [0, 0.1) is 5.92 Å². The van der Waals surface area contributed by atoms with Gasteiger partial charge in [-0.3, -0.25) is 0 Å². The van der Waals surface area contributed by atoms with Gasteiger partial charge in [-0.1, -0.05) is 26.2 Å². The Hall–Kier alpha value is -0.0800. The molecule has 0 bridgehead atoms. The lowest BCUT2D eigenvalue weighted by Gasteiger charge is -2.41. The summed E-state index contributed by atoms with van der Waals surface area (Å²) in [5, 5.41) is 3.86. The van der Waals surface area contributed by atoms with E-state index in [0.717, 1.165) is 24.6 Å². The molecule has 2 atom stereocenters. The molecule has 2 heteroatoms. The number of nitrogens with one attached hydrogen (secondary N) is 1. The van der Waals surface area contributed by atoms with Gasteiger partial charge in [0.2, 0.25) is 0 Å². The van der Waals surface area contributed by atoms with E-state index < -0.39 is 0 Å². The van der Waals surface area contributed by atoms with Crippen LogP contribution >= 0.6 is 0 Å². The monoisotopic (exact) mass is 225 g/mol. The SMILES string of the molecule is CCOC1CC(NC2CCCCC2CC)C1. The number of ether oxygens (including phenoxy) is 1. The minimum absolute atomic E-state index is 0.547. The fourth-order valence-corrected chi connectivity index (χ4v) is 3.29. The van der Waals surface area contributed by atoms with Gasteiger partial charge >= 0.3 is 0 Å². The summed E-state index contributed by atoms with van der Waals surface area (Å²) in [6.45, 7) is 5.31. The van der Waals surface area contributed by atoms with Gasteiger partial charge in [0.15, 0.2) is 0 Å². The van der Waals surface area contributed by atoms with Crippen LogP contribution in [0.3, 0.4) is 0 Å². The Balaban J connectivity index is 1.69. The first-order valence-electron chi connectivity index (χ1n) is 7.21. The highest BCUT2D eigenvalue weighted by Gasteiger charge is 2.33. The maximum Gasteiger partial charge on any atom is 0.0604 e. The molecule has 2 unspecified atom stereocenters. The molecule has 16 heavy (non-hydrogen) atoms. The third-order valence-electron chi connectivity index (χ3n) is 4.38. The van der Waals surface area contributed by atoms with Crippen molar-refractivity contribution in [2.24, 2.45) is 5.92 Å². The molecule has 0 saturated heterocycles. The summed E-state index contributed by atoms with van der Waals surface area (Å²) in [4.78, 5) is 0. The molecule has 0 heterocycles. The molecule has 2 saturated carbocycles. The Kier molecular flexibility index (Phi) is 4.66. The van der Waals surface area contributed by atoms with Crippen LogP contribution in [0.5, 0.6) is 0 Å². The summed E-state index contributed by atoms with van der Waals surface area (Å²) in [6, 6.07) is 1.54. The molecule has 2 aliphatic rings. The molecule has 0 spiro atoms. The van der Waals surface area contributed by atoms with E-state index in [4.69, 9.17) is 4.74 Å². The Morgan fingerprint density at radius 2 is 1.88 bits per heavy atom. The van der Waals surface area contributed by atoms with Crippen molar-refractivity contribution in [3.05, 3.63) is 0 Å². The first-order valence-corrected chi connectivity index (χ1v) is 7.21. The number of hydrogen-bond donors (Lipinski definition) is 1. The van der Waals surface area contributed by atoms with Gasteiger partial charge in [-0.2, -0.15) is 0 Å². The summed E-state index contributed by atoms with van der Waals surface area (Å²) in [5.41, 5.74) is 0. The highest BCUT2D eigenvalue weighted by atomic mass is 16.5. The normalized spacial score (nSPS) is 39.4. The minimum Gasteiger partial charge on any atom is -0.378 e. The van der Waals surface area contributed by atoms with Crippen LogP contribution in [-0.4, -0.2) is 24.8 Å². The zero-order valence-corrected chi connectivity index (χ0v) is 10.9. The van der Waals surface area contributed by atoms with Crippen LogP contribution in [0.1, 0.15) is 58.8 Å². The second kappa shape index (κ2) is 6.02. The van der Waals surface area contributed by atoms with Crippen molar-refractivity contribution in [3.63, 3.8) is 0 Å². The molecule has 1 N–H and O–H groups in total. The first kappa shape index (κ1) is 12.4. The fourth-order valence-electron chi connectivity index (χ4n) is 3.29. The maximum absolute atomic E-state index is 5.61. The molecule has 2 fully saturated rings. The van der Waals surface area contributed by atoms with E-state index >= 15 is 0 Å². The van der Waals surface area contributed by atoms with E-state index in [-0.39, 0.29) is 0 Å². The molecule has 94 valence electrons. The van der Waals surface area contributed by atoms with Gasteiger partial charge in [0, 0.05) is 18.7 Å². The predicted octanol–water partition coefficient (Wildman–Crippen LogP) is 3.11. The van der Waals surface area contributed by atoms with Crippen LogP contribution in [0.25, 0.3) is 0 Å². The van der Waals surface area contributed by atoms with Gasteiger partial charge in [0.05, 0.1) is 6.10 Å². The predicted molar refractivity (Wildman–Crippen MR) is 67.6 cm³/mol. The van der Waals surface area contributed by atoms with Crippen LogP contribution in [0.15, 0.2) is 0 Å². The Bertz CT molecular complexity index is 201. The van der Waals surface area contributed by atoms with Gasteiger partial charge < -0.3 is 10.1 Å². The topological polar surface area (TPSA) is 21.3 Å². The van der Waals surface area contributed by atoms with Crippen molar-refractivity contribution < 1.29 is 4.74 Å². The van der Waals surface area contributed by atoms with Gasteiger partial charge in [-0.25, -0.2) is 0 Å². The molecule has 0 aromatic rings. The average molecular weight is 225 g/mol. The molecular weight excluding hydrogens is 198 g/mol. The van der Waals surface area contributed by atoms with Crippen LogP contribution in [0.4, 0.5) is 0 Å². The lowest BCUT2D eigenvalue weighted by Crippen LogP contribution is -2.52. The lowest BCUT2D eigenvalue weighted by atomic mass is 9.80. The summed E-state index contributed by atoms with van der Waals surface area (Å²) in [7, 11) is 0. The van der Waals surface area contributed by atoms with Crippen molar-refractivity contribution >= 4 is 0 Å². The van der Waals surface area contributed by atoms with Crippen molar-refractivity contribution in [3.8, 4) is 0 Å². The number of hydrogen-bond acceptors (Lipinski definition) is 2. The quantitative estimate of drug-likeness (QED) is 0.776. The van der Waals surface area contributed by atoms with E-state index in [1.807, 2.05) is 0 Å². The van der Waals surface area contributed by atoms with E-state index in [1.165, 1.54) is 44.9 Å². The Morgan fingerprint density at radius 1 is 1.12 bits per heavy atom. The van der Waals surface area contributed by atoms with E-state index in [9.17, 15) is 0 Å². The van der Waals surface area contributed by atoms with E-state index in [1.54, 1.807) is 0 Å². The summed E-state index contributed by atoms with van der Waals surface area (Å²) in [6.07, 6.45) is 10.1. The van der Waals surface area contributed by atoms with Crippen molar-refractivity contribution in [1.82, 2.24) is 5.32 Å². The lowest BCUT2D eigenvalue weighted by molar-refractivity contribution is -0.0155. The third kappa shape index (κ3) is 2.98. The Morgan fingerprint density at radius 3 is 2.56 bits per heavy atom. The number of rotatable bonds is 5. The van der Waals surface area contributed by atoms with Gasteiger partial charge in [-0.15, -0.1) is 0 Å². The van der Waals surface area contributed by atoms with Gasteiger partial charge in [0.25, 0.3) is 0 Å². The third-order valence-corrected chi connectivity index (χ3v) is 4.38. The van der Waals surface area contributed by atoms with Crippen molar-refractivity contribution in [2.75, 3.05) is 6.61 Å². The molecule has 0 aromatic carbocycles. The smallest absolute Gasteiger partial charge is 0.0604 e. The van der Waals surface area contributed by atoms with E-state index in [2.05, 4.69) is 19.2 Å². The van der Waals surface area contributed by atoms with Gasteiger partial charge in [-0.05, 0) is 38.5 Å². The summed E-state index contributed by atoms with van der Waals surface area (Å²) in [5.74, 6) is 0.930. The standard InChI is InChI=1S/C14H27NO/c1-3-11-7-5-6-8-14(11)15-12-9-13(10-12)16-4-2/h11-15H,3-10H2,1-2H3. The van der Waals surface area contributed by atoms with E-state index in [0.29, 0.717) is 6.10 Å². The molecule has 0 radical (unpaired) electrons. The molecule has 0 amide bonds. The average Bonchev–Trinajstić information content (AvgIpc) is 2.27.